The van der Waals surface area contributed by atoms with Crippen LogP contribution in [0.3, 0.4) is 0 Å². The van der Waals surface area contributed by atoms with E-state index in [1.165, 1.54) is 11.0 Å². The molecule has 7 nitrogen and oxygen atoms in total. The molecule has 3 rings (SSSR count). The molecule has 0 saturated carbocycles. The molecular formula is C11H9N7. The van der Waals surface area contributed by atoms with E-state index in [4.69, 9.17) is 5.73 Å². The zero-order valence-electron chi connectivity index (χ0n) is 9.30. The van der Waals surface area contributed by atoms with Crippen molar-refractivity contribution in [2.24, 2.45) is 0 Å². The van der Waals surface area contributed by atoms with Gasteiger partial charge in [-0.15, -0.1) is 0 Å². The van der Waals surface area contributed by atoms with Gasteiger partial charge in [0, 0.05) is 24.0 Å². The molecule has 3 heterocycles. The fourth-order valence-electron chi connectivity index (χ4n) is 1.52. The highest BCUT2D eigenvalue weighted by molar-refractivity contribution is 5.56. The van der Waals surface area contributed by atoms with Gasteiger partial charge in [-0.2, -0.15) is 5.10 Å². The molecule has 0 fully saturated rings. The number of nitrogens with zero attached hydrogens (tertiary/aromatic N) is 6. The van der Waals surface area contributed by atoms with E-state index in [-0.39, 0.29) is 0 Å². The minimum atomic E-state index is 0.370. The Morgan fingerprint density at radius 1 is 1.17 bits per heavy atom. The van der Waals surface area contributed by atoms with E-state index < -0.39 is 0 Å². The van der Waals surface area contributed by atoms with Gasteiger partial charge >= 0.3 is 0 Å². The highest BCUT2D eigenvalue weighted by Gasteiger charge is 2.07. The first kappa shape index (κ1) is 10.3. The van der Waals surface area contributed by atoms with Crippen molar-refractivity contribution in [2.75, 3.05) is 5.73 Å². The smallest absolute Gasteiger partial charge is 0.165 e. The highest BCUT2D eigenvalue weighted by atomic mass is 15.3. The van der Waals surface area contributed by atoms with E-state index >= 15 is 0 Å². The van der Waals surface area contributed by atoms with Gasteiger partial charge in [-0.05, 0) is 12.1 Å². The lowest BCUT2D eigenvalue weighted by Gasteiger charge is -2.04. The average Bonchev–Trinajstić information content (AvgIpc) is 2.93. The van der Waals surface area contributed by atoms with Crippen molar-refractivity contribution in [1.82, 2.24) is 29.7 Å². The molecule has 88 valence electrons. The molecule has 0 aromatic carbocycles. The third kappa shape index (κ3) is 1.88. The van der Waals surface area contributed by atoms with Crippen molar-refractivity contribution >= 4 is 5.82 Å². The Bertz CT molecular complexity index is 648. The predicted octanol–water partition coefficient (Wildman–Crippen LogP) is 0.701. The van der Waals surface area contributed by atoms with Crippen molar-refractivity contribution in [3.8, 4) is 17.2 Å². The Kier molecular flexibility index (Phi) is 2.41. The first-order valence-corrected chi connectivity index (χ1v) is 5.23. The van der Waals surface area contributed by atoms with Gasteiger partial charge in [0.15, 0.2) is 11.6 Å². The van der Waals surface area contributed by atoms with E-state index in [0.717, 1.165) is 5.56 Å². The monoisotopic (exact) mass is 239 g/mol. The Balaban J connectivity index is 2.12. The molecule has 0 unspecified atom stereocenters. The molecule has 0 bridgehead atoms. The van der Waals surface area contributed by atoms with Crippen molar-refractivity contribution in [2.45, 2.75) is 0 Å². The molecule has 3 aromatic heterocycles. The molecule has 0 aliphatic heterocycles. The highest BCUT2D eigenvalue weighted by Crippen LogP contribution is 2.16. The van der Waals surface area contributed by atoms with E-state index in [1.807, 2.05) is 12.1 Å². The normalized spacial score (nSPS) is 10.4. The summed E-state index contributed by atoms with van der Waals surface area (Å²) in [6.45, 7) is 0. The molecule has 7 heteroatoms. The molecule has 0 aliphatic rings. The second-order valence-corrected chi connectivity index (χ2v) is 3.56. The van der Waals surface area contributed by atoms with Crippen LogP contribution in [0, 0.1) is 0 Å². The second kappa shape index (κ2) is 4.21. The Hall–Kier alpha value is -2.83. The van der Waals surface area contributed by atoms with E-state index in [2.05, 4.69) is 25.0 Å². The van der Waals surface area contributed by atoms with Crippen LogP contribution in [0.1, 0.15) is 0 Å². The fraction of sp³-hybridized carbons (Fsp3) is 0. The zero-order chi connectivity index (χ0) is 12.4. The summed E-state index contributed by atoms with van der Waals surface area (Å²) in [7, 11) is 0. The van der Waals surface area contributed by atoms with Crippen LogP contribution >= 0.6 is 0 Å². The van der Waals surface area contributed by atoms with Crippen LogP contribution in [0.4, 0.5) is 5.82 Å². The van der Waals surface area contributed by atoms with Crippen LogP contribution in [-0.4, -0.2) is 29.7 Å². The lowest BCUT2D eigenvalue weighted by atomic mass is 10.2. The topological polar surface area (TPSA) is 95.4 Å². The van der Waals surface area contributed by atoms with Gasteiger partial charge in [0.2, 0.25) is 0 Å². The summed E-state index contributed by atoms with van der Waals surface area (Å²) in [4.78, 5) is 16.5. The van der Waals surface area contributed by atoms with E-state index in [9.17, 15) is 0 Å². The van der Waals surface area contributed by atoms with Gasteiger partial charge in [-0.3, -0.25) is 4.98 Å². The van der Waals surface area contributed by atoms with Crippen molar-refractivity contribution in [3.63, 3.8) is 0 Å². The second-order valence-electron chi connectivity index (χ2n) is 3.56. The predicted molar refractivity (Wildman–Crippen MR) is 64.6 cm³/mol. The minimum absolute atomic E-state index is 0.370. The number of anilines is 1. The minimum Gasteiger partial charge on any atom is -0.384 e. The maximum Gasteiger partial charge on any atom is 0.165 e. The third-order valence-electron chi connectivity index (χ3n) is 2.31. The van der Waals surface area contributed by atoms with Crippen LogP contribution in [0.15, 0.2) is 43.2 Å². The standard InChI is InChI=1S/C11H9N7/c12-9-4-10(18-7-14-6-15-18)17-11(16-9)8-2-1-3-13-5-8/h1-7H,(H2,12,16,17). The molecule has 0 radical (unpaired) electrons. The summed E-state index contributed by atoms with van der Waals surface area (Å²) in [5.74, 6) is 1.45. The van der Waals surface area contributed by atoms with Crippen LogP contribution in [-0.2, 0) is 0 Å². The maximum absolute atomic E-state index is 5.77. The summed E-state index contributed by atoms with van der Waals surface area (Å²) >= 11 is 0. The van der Waals surface area contributed by atoms with Gasteiger partial charge < -0.3 is 5.73 Å². The van der Waals surface area contributed by atoms with Gasteiger partial charge in [0.05, 0.1) is 0 Å². The lowest BCUT2D eigenvalue weighted by Crippen LogP contribution is -2.04. The quantitative estimate of drug-likeness (QED) is 0.707. The van der Waals surface area contributed by atoms with Crippen molar-refractivity contribution in [3.05, 3.63) is 43.2 Å². The summed E-state index contributed by atoms with van der Waals surface area (Å²) in [6.07, 6.45) is 6.35. The summed E-state index contributed by atoms with van der Waals surface area (Å²) < 4.78 is 1.53. The largest absolute Gasteiger partial charge is 0.384 e. The Morgan fingerprint density at radius 3 is 2.83 bits per heavy atom. The van der Waals surface area contributed by atoms with E-state index in [0.29, 0.717) is 17.5 Å². The molecule has 0 aliphatic carbocycles. The number of hydrogen-bond donors (Lipinski definition) is 1. The molecule has 0 atom stereocenters. The zero-order valence-corrected chi connectivity index (χ0v) is 9.30. The molecule has 3 aromatic rings. The Labute approximate surface area is 102 Å². The molecule has 0 amide bonds. The first-order chi connectivity index (χ1) is 8.83. The number of hydrogen-bond acceptors (Lipinski definition) is 6. The fourth-order valence-corrected chi connectivity index (χ4v) is 1.52. The molecule has 18 heavy (non-hydrogen) atoms. The van der Waals surface area contributed by atoms with Crippen LogP contribution in [0.5, 0.6) is 0 Å². The molecule has 0 spiro atoms. The summed E-state index contributed by atoms with van der Waals surface area (Å²) in [5.41, 5.74) is 6.57. The van der Waals surface area contributed by atoms with Gasteiger partial charge in [-0.25, -0.2) is 19.6 Å². The summed E-state index contributed by atoms with van der Waals surface area (Å²) in [5, 5.41) is 4.01. The SMILES string of the molecule is Nc1cc(-n2cncn2)nc(-c2cccnc2)n1. The van der Waals surface area contributed by atoms with Gasteiger partial charge in [0.1, 0.15) is 18.5 Å². The number of rotatable bonds is 2. The van der Waals surface area contributed by atoms with Crippen LogP contribution < -0.4 is 5.73 Å². The third-order valence-corrected chi connectivity index (χ3v) is 2.31. The first-order valence-electron chi connectivity index (χ1n) is 5.23. The number of pyridine rings is 1. The van der Waals surface area contributed by atoms with Gasteiger partial charge in [0.25, 0.3) is 0 Å². The number of nitrogens with two attached hydrogens (primary N) is 1. The maximum atomic E-state index is 5.77. The van der Waals surface area contributed by atoms with Crippen molar-refractivity contribution in [1.29, 1.82) is 0 Å². The van der Waals surface area contributed by atoms with E-state index in [1.54, 1.807) is 24.8 Å². The lowest BCUT2D eigenvalue weighted by molar-refractivity contribution is 0.841. The molecular weight excluding hydrogens is 230 g/mol. The van der Waals surface area contributed by atoms with Crippen LogP contribution in [0.2, 0.25) is 0 Å². The molecule has 0 saturated heterocycles. The number of aromatic nitrogens is 6. The Morgan fingerprint density at radius 2 is 2.11 bits per heavy atom. The van der Waals surface area contributed by atoms with Gasteiger partial charge in [-0.1, -0.05) is 0 Å². The van der Waals surface area contributed by atoms with Crippen molar-refractivity contribution < 1.29 is 0 Å². The number of nitrogen functional groups attached to an aromatic ring is 1. The van der Waals surface area contributed by atoms with Crippen LogP contribution in [0.25, 0.3) is 17.2 Å². The molecule has 2 N–H and O–H groups in total. The average molecular weight is 239 g/mol. The summed E-state index contributed by atoms with van der Waals surface area (Å²) in [6, 6.07) is 5.32.